The second-order valence-corrected chi connectivity index (χ2v) is 4.84. The predicted octanol–water partition coefficient (Wildman–Crippen LogP) is 3.01. The molecule has 1 heterocycles. The molecule has 2 heteroatoms. The second kappa shape index (κ2) is 5.55. The highest BCUT2D eigenvalue weighted by atomic mass is 16.5. The molecule has 1 fully saturated rings. The molecule has 0 aromatic heterocycles. The van der Waals surface area contributed by atoms with E-state index in [-0.39, 0.29) is 6.10 Å². The Hall–Kier alpha value is -0.500. The Labute approximate surface area is 92.3 Å². The Morgan fingerprint density at radius 2 is 2.13 bits per heavy atom. The lowest BCUT2D eigenvalue weighted by Gasteiger charge is -2.20. The number of aliphatic hydroxyl groups excluding tert-OH is 1. The Bertz CT molecular complexity index is 217. The van der Waals surface area contributed by atoms with Crippen LogP contribution in [0.4, 0.5) is 0 Å². The summed E-state index contributed by atoms with van der Waals surface area (Å²) < 4.78 is 5.47. The second-order valence-electron chi connectivity index (χ2n) is 4.84. The van der Waals surface area contributed by atoms with Gasteiger partial charge in [-0.15, -0.1) is 0 Å². The summed E-state index contributed by atoms with van der Waals surface area (Å²) in [5.41, 5.74) is 0. The molecule has 0 aromatic rings. The summed E-state index contributed by atoms with van der Waals surface area (Å²) in [6.45, 7) is 0.784. The van der Waals surface area contributed by atoms with Crippen molar-refractivity contribution in [2.75, 3.05) is 6.61 Å². The number of hydrogen-bond acceptors (Lipinski definition) is 2. The quantitative estimate of drug-likeness (QED) is 0.773. The summed E-state index contributed by atoms with van der Waals surface area (Å²) in [6, 6.07) is 0. The van der Waals surface area contributed by atoms with Gasteiger partial charge in [0.1, 0.15) is 11.9 Å². The van der Waals surface area contributed by atoms with E-state index in [9.17, 15) is 5.11 Å². The largest absolute Gasteiger partial charge is 0.496 e. The first kappa shape index (κ1) is 11.0. The molecule has 0 spiro atoms. The van der Waals surface area contributed by atoms with Crippen LogP contribution >= 0.6 is 0 Å². The van der Waals surface area contributed by atoms with E-state index < -0.39 is 0 Å². The molecule has 86 valence electrons. The van der Waals surface area contributed by atoms with Crippen molar-refractivity contribution in [3.63, 3.8) is 0 Å². The molecular weight excluding hydrogens is 188 g/mol. The minimum atomic E-state index is -0.342. The minimum absolute atomic E-state index is 0.342. The van der Waals surface area contributed by atoms with Crippen molar-refractivity contribution in [3.8, 4) is 0 Å². The minimum Gasteiger partial charge on any atom is -0.496 e. The van der Waals surface area contributed by atoms with Crippen LogP contribution in [0.15, 0.2) is 11.8 Å². The Morgan fingerprint density at radius 3 is 2.80 bits per heavy atom. The zero-order valence-corrected chi connectivity index (χ0v) is 9.45. The lowest BCUT2D eigenvalue weighted by atomic mass is 9.98. The summed E-state index contributed by atoms with van der Waals surface area (Å²) in [7, 11) is 0. The summed E-state index contributed by atoms with van der Waals surface area (Å²) in [6.07, 6.45) is 11.4. The maximum absolute atomic E-state index is 9.94. The zero-order valence-electron chi connectivity index (χ0n) is 9.45. The van der Waals surface area contributed by atoms with Gasteiger partial charge in [-0.3, -0.25) is 0 Å². The molecule has 0 amide bonds. The van der Waals surface area contributed by atoms with Crippen molar-refractivity contribution in [2.24, 2.45) is 5.92 Å². The van der Waals surface area contributed by atoms with Gasteiger partial charge in [0.2, 0.25) is 0 Å². The summed E-state index contributed by atoms with van der Waals surface area (Å²) in [4.78, 5) is 0. The van der Waals surface area contributed by atoms with E-state index in [1.807, 2.05) is 0 Å². The molecule has 1 atom stereocenters. The van der Waals surface area contributed by atoms with E-state index in [2.05, 4.69) is 6.08 Å². The van der Waals surface area contributed by atoms with Gasteiger partial charge in [0.25, 0.3) is 0 Å². The summed E-state index contributed by atoms with van der Waals surface area (Å²) in [5.74, 6) is 1.70. The maximum Gasteiger partial charge on any atom is 0.120 e. The first-order valence-electron chi connectivity index (χ1n) is 6.37. The van der Waals surface area contributed by atoms with E-state index in [1.165, 1.54) is 32.1 Å². The smallest absolute Gasteiger partial charge is 0.120 e. The number of aliphatic hydroxyl groups is 1. The monoisotopic (exact) mass is 210 g/mol. The first-order valence-corrected chi connectivity index (χ1v) is 6.37. The van der Waals surface area contributed by atoms with E-state index in [4.69, 9.17) is 4.74 Å². The molecule has 15 heavy (non-hydrogen) atoms. The molecule has 1 aliphatic heterocycles. The van der Waals surface area contributed by atoms with Crippen molar-refractivity contribution in [1.82, 2.24) is 0 Å². The number of hydrogen-bond donors (Lipinski definition) is 1. The van der Waals surface area contributed by atoms with Crippen LogP contribution in [0.3, 0.4) is 0 Å². The molecule has 0 radical (unpaired) electrons. The van der Waals surface area contributed by atoms with Crippen molar-refractivity contribution in [2.45, 2.75) is 57.5 Å². The van der Waals surface area contributed by atoms with Crippen LogP contribution in [0.25, 0.3) is 0 Å². The van der Waals surface area contributed by atoms with Gasteiger partial charge in [0.05, 0.1) is 6.61 Å². The van der Waals surface area contributed by atoms with Crippen LogP contribution in [0.5, 0.6) is 0 Å². The van der Waals surface area contributed by atoms with Crippen molar-refractivity contribution >= 4 is 0 Å². The first-order chi connectivity index (χ1) is 7.36. The van der Waals surface area contributed by atoms with Crippen LogP contribution in [-0.2, 0) is 4.74 Å². The van der Waals surface area contributed by atoms with Crippen LogP contribution in [0, 0.1) is 5.92 Å². The molecule has 1 saturated carbocycles. The van der Waals surface area contributed by atoms with Crippen LogP contribution < -0.4 is 0 Å². The third-order valence-electron chi connectivity index (χ3n) is 3.61. The van der Waals surface area contributed by atoms with Crippen molar-refractivity contribution in [1.29, 1.82) is 0 Å². The van der Waals surface area contributed by atoms with Gasteiger partial charge < -0.3 is 9.84 Å². The molecule has 1 N–H and O–H groups in total. The Kier molecular flexibility index (Phi) is 4.07. The van der Waals surface area contributed by atoms with Crippen LogP contribution in [0.1, 0.15) is 51.4 Å². The molecule has 1 aliphatic carbocycles. The Balaban J connectivity index is 1.71. The molecule has 2 nitrogen and oxygen atoms in total. The highest BCUT2D eigenvalue weighted by molar-refractivity contribution is 5.02. The lowest BCUT2D eigenvalue weighted by molar-refractivity contribution is 0.0826. The van der Waals surface area contributed by atoms with Gasteiger partial charge in [0, 0.05) is 0 Å². The van der Waals surface area contributed by atoms with E-state index >= 15 is 0 Å². The highest BCUT2D eigenvalue weighted by Gasteiger charge is 2.19. The van der Waals surface area contributed by atoms with Gasteiger partial charge in [-0.2, -0.15) is 0 Å². The SMILES string of the molecule is OC(CCC1CCCC1)C1=CCCCO1. The standard InChI is InChI=1S/C13H22O2/c14-12(13-7-3-4-10-15-13)9-8-11-5-1-2-6-11/h7,11-12,14H,1-6,8-10H2. The topological polar surface area (TPSA) is 29.5 Å². The van der Waals surface area contributed by atoms with Crippen LogP contribution in [-0.4, -0.2) is 17.8 Å². The van der Waals surface area contributed by atoms with E-state index in [0.29, 0.717) is 0 Å². The van der Waals surface area contributed by atoms with Crippen molar-refractivity contribution < 1.29 is 9.84 Å². The molecule has 0 saturated heterocycles. The zero-order chi connectivity index (χ0) is 10.5. The van der Waals surface area contributed by atoms with Gasteiger partial charge >= 0.3 is 0 Å². The lowest BCUT2D eigenvalue weighted by Crippen LogP contribution is -2.17. The molecule has 1 unspecified atom stereocenters. The average molecular weight is 210 g/mol. The molecular formula is C13H22O2. The third-order valence-corrected chi connectivity index (χ3v) is 3.61. The molecule has 2 aliphatic rings. The Morgan fingerprint density at radius 1 is 1.33 bits per heavy atom. The van der Waals surface area contributed by atoms with Gasteiger partial charge in [0.15, 0.2) is 0 Å². The number of ether oxygens (including phenoxy) is 1. The van der Waals surface area contributed by atoms with Crippen molar-refractivity contribution in [3.05, 3.63) is 11.8 Å². The highest BCUT2D eigenvalue weighted by Crippen LogP contribution is 2.30. The normalized spacial score (nSPS) is 24.7. The maximum atomic E-state index is 9.94. The predicted molar refractivity (Wildman–Crippen MR) is 60.5 cm³/mol. The summed E-state index contributed by atoms with van der Waals surface area (Å²) >= 11 is 0. The fourth-order valence-corrected chi connectivity index (χ4v) is 2.64. The molecule has 0 aromatic carbocycles. The number of allylic oxidation sites excluding steroid dienone is 1. The number of rotatable bonds is 4. The molecule has 0 bridgehead atoms. The van der Waals surface area contributed by atoms with Crippen LogP contribution in [0.2, 0.25) is 0 Å². The van der Waals surface area contributed by atoms with Gasteiger partial charge in [-0.25, -0.2) is 0 Å². The van der Waals surface area contributed by atoms with E-state index in [0.717, 1.165) is 37.5 Å². The average Bonchev–Trinajstić information content (AvgIpc) is 2.80. The third kappa shape index (κ3) is 3.23. The fourth-order valence-electron chi connectivity index (χ4n) is 2.64. The van der Waals surface area contributed by atoms with Gasteiger partial charge in [-0.1, -0.05) is 25.7 Å². The fraction of sp³-hybridized carbons (Fsp3) is 0.846. The molecule has 2 rings (SSSR count). The van der Waals surface area contributed by atoms with E-state index in [1.54, 1.807) is 0 Å². The van der Waals surface area contributed by atoms with Gasteiger partial charge in [-0.05, 0) is 37.7 Å². The summed E-state index contributed by atoms with van der Waals surface area (Å²) in [5, 5.41) is 9.94.